The largest absolute Gasteiger partial charge is 0.314 e. The third-order valence-electron chi connectivity index (χ3n) is 3.96. The van der Waals surface area contributed by atoms with Gasteiger partial charge in [0.25, 0.3) is 0 Å². The summed E-state index contributed by atoms with van der Waals surface area (Å²) in [6.07, 6.45) is 11.2. The van der Waals surface area contributed by atoms with E-state index in [1.807, 2.05) is 0 Å². The number of rotatable bonds is 10. The molecule has 1 aliphatic carbocycles. The Morgan fingerprint density at radius 1 is 1.12 bits per heavy atom. The third-order valence-corrected chi connectivity index (χ3v) is 3.96. The smallest absolute Gasteiger partial charge is 0.00978 e. The molecule has 1 heteroatoms. The van der Waals surface area contributed by atoms with Gasteiger partial charge in [0.05, 0.1) is 0 Å². The Kier molecular flexibility index (Phi) is 7.11. The lowest BCUT2D eigenvalue weighted by Gasteiger charge is -2.27. The van der Waals surface area contributed by atoms with Crippen LogP contribution in [0.4, 0.5) is 0 Å². The number of hydrogen-bond donors (Lipinski definition) is 1. The molecule has 0 aromatic carbocycles. The van der Waals surface area contributed by atoms with Gasteiger partial charge in [-0.1, -0.05) is 52.9 Å². The highest BCUT2D eigenvalue weighted by Crippen LogP contribution is 2.36. The molecule has 0 spiro atoms. The van der Waals surface area contributed by atoms with Crippen molar-refractivity contribution in [3.05, 3.63) is 0 Å². The van der Waals surface area contributed by atoms with Gasteiger partial charge in [-0.05, 0) is 37.6 Å². The van der Waals surface area contributed by atoms with Crippen LogP contribution in [0.1, 0.15) is 72.1 Å². The van der Waals surface area contributed by atoms with Crippen molar-refractivity contribution in [1.29, 1.82) is 0 Å². The van der Waals surface area contributed by atoms with Gasteiger partial charge in [-0.2, -0.15) is 0 Å². The monoisotopic (exact) mass is 225 g/mol. The first-order chi connectivity index (χ1) is 7.81. The summed E-state index contributed by atoms with van der Waals surface area (Å²) >= 11 is 0. The van der Waals surface area contributed by atoms with Crippen molar-refractivity contribution < 1.29 is 0 Å². The topological polar surface area (TPSA) is 12.0 Å². The van der Waals surface area contributed by atoms with E-state index in [2.05, 4.69) is 26.1 Å². The molecule has 0 aliphatic heterocycles. The highest BCUT2D eigenvalue weighted by molar-refractivity contribution is 4.84. The van der Waals surface area contributed by atoms with Crippen LogP contribution in [0.2, 0.25) is 0 Å². The zero-order chi connectivity index (χ0) is 11.8. The first kappa shape index (κ1) is 14.0. The van der Waals surface area contributed by atoms with E-state index in [0.717, 1.165) is 17.9 Å². The quantitative estimate of drug-likeness (QED) is 0.582. The van der Waals surface area contributed by atoms with E-state index in [1.165, 1.54) is 57.9 Å². The van der Waals surface area contributed by atoms with E-state index in [1.54, 1.807) is 0 Å². The molecule has 1 saturated carbocycles. The fourth-order valence-electron chi connectivity index (χ4n) is 2.64. The number of nitrogens with one attached hydrogen (secondary N) is 1. The number of unbranched alkanes of at least 4 members (excludes halogenated alkanes) is 1. The fraction of sp³-hybridized carbons (Fsp3) is 1.00. The van der Waals surface area contributed by atoms with Crippen molar-refractivity contribution in [2.24, 2.45) is 11.8 Å². The predicted octanol–water partition coefficient (Wildman–Crippen LogP) is 4.37. The molecule has 96 valence electrons. The van der Waals surface area contributed by atoms with Gasteiger partial charge >= 0.3 is 0 Å². The standard InChI is InChI=1S/C15H31N/c1-4-7-8-14(6-3)15(16-11-5-2)12-13-9-10-13/h13-16H,4-12H2,1-3H3. The van der Waals surface area contributed by atoms with Crippen LogP contribution >= 0.6 is 0 Å². The molecular weight excluding hydrogens is 194 g/mol. The molecule has 0 aromatic heterocycles. The van der Waals surface area contributed by atoms with Crippen LogP contribution < -0.4 is 5.32 Å². The summed E-state index contributed by atoms with van der Waals surface area (Å²) < 4.78 is 0. The minimum atomic E-state index is 0.809. The maximum atomic E-state index is 3.80. The lowest BCUT2D eigenvalue weighted by molar-refractivity contribution is 0.293. The summed E-state index contributed by atoms with van der Waals surface area (Å²) in [5.74, 6) is 1.98. The molecule has 16 heavy (non-hydrogen) atoms. The first-order valence-electron chi connectivity index (χ1n) is 7.55. The third kappa shape index (κ3) is 5.34. The van der Waals surface area contributed by atoms with E-state index >= 15 is 0 Å². The van der Waals surface area contributed by atoms with E-state index in [-0.39, 0.29) is 0 Å². The second kappa shape index (κ2) is 8.11. The summed E-state index contributed by atoms with van der Waals surface area (Å²) in [4.78, 5) is 0. The normalized spacial score (nSPS) is 19.7. The van der Waals surface area contributed by atoms with Gasteiger partial charge in [-0.3, -0.25) is 0 Å². The summed E-state index contributed by atoms with van der Waals surface area (Å²) in [5.41, 5.74) is 0. The maximum Gasteiger partial charge on any atom is 0.00978 e. The van der Waals surface area contributed by atoms with Gasteiger partial charge in [0.2, 0.25) is 0 Å². The molecule has 2 unspecified atom stereocenters. The Hall–Kier alpha value is -0.0400. The molecule has 2 atom stereocenters. The molecule has 0 amide bonds. The van der Waals surface area contributed by atoms with Gasteiger partial charge in [0.1, 0.15) is 0 Å². The van der Waals surface area contributed by atoms with Crippen molar-refractivity contribution >= 4 is 0 Å². The Morgan fingerprint density at radius 2 is 1.88 bits per heavy atom. The van der Waals surface area contributed by atoms with Crippen molar-refractivity contribution in [2.45, 2.75) is 78.2 Å². The molecular formula is C15H31N. The van der Waals surface area contributed by atoms with Crippen molar-refractivity contribution in [3.8, 4) is 0 Å². The molecule has 1 fully saturated rings. The Bertz CT molecular complexity index is 163. The number of hydrogen-bond acceptors (Lipinski definition) is 1. The predicted molar refractivity (Wildman–Crippen MR) is 72.7 cm³/mol. The molecule has 0 aromatic rings. The summed E-state index contributed by atoms with van der Waals surface area (Å²) in [6.45, 7) is 8.16. The van der Waals surface area contributed by atoms with Gasteiger partial charge in [0, 0.05) is 6.04 Å². The minimum Gasteiger partial charge on any atom is -0.314 e. The van der Waals surface area contributed by atoms with Crippen LogP contribution in [-0.2, 0) is 0 Å². The van der Waals surface area contributed by atoms with Gasteiger partial charge < -0.3 is 5.32 Å². The summed E-state index contributed by atoms with van der Waals surface area (Å²) in [7, 11) is 0. The van der Waals surface area contributed by atoms with E-state index in [4.69, 9.17) is 0 Å². The zero-order valence-electron chi connectivity index (χ0n) is 11.6. The van der Waals surface area contributed by atoms with Crippen LogP contribution in [0.3, 0.4) is 0 Å². The SMILES string of the molecule is CCCCC(CC)C(CC1CC1)NCCC. The van der Waals surface area contributed by atoms with Gasteiger partial charge in [-0.25, -0.2) is 0 Å². The first-order valence-corrected chi connectivity index (χ1v) is 7.55. The molecule has 1 rings (SSSR count). The Morgan fingerprint density at radius 3 is 2.38 bits per heavy atom. The lowest BCUT2D eigenvalue weighted by Crippen LogP contribution is -2.37. The molecule has 1 nitrogen and oxygen atoms in total. The fourth-order valence-corrected chi connectivity index (χ4v) is 2.64. The maximum absolute atomic E-state index is 3.80. The Balaban J connectivity index is 2.34. The van der Waals surface area contributed by atoms with E-state index in [9.17, 15) is 0 Å². The van der Waals surface area contributed by atoms with Crippen LogP contribution in [0, 0.1) is 11.8 Å². The summed E-state index contributed by atoms with van der Waals surface area (Å²) in [5, 5.41) is 3.80. The van der Waals surface area contributed by atoms with Crippen molar-refractivity contribution in [2.75, 3.05) is 6.54 Å². The van der Waals surface area contributed by atoms with Crippen LogP contribution in [0.25, 0.3) is 0 Å². The molecule has 1 N–H and O–H groups in total. The highest BCUT2D eigenvalue weighted by atomic mass is 14.9. The zero-order valence-corrected chi connectivity index (χ0v) is 11.6. The minimum absolute atomic E-state index is 0.809. The second-order valence-electron chi connectivity index (χ2n) is 5.55. The highest BCUT2D eigenvalue weighted by Gasteiger charge is 2.28. The molecule has 0 heterocycles. The van der Waals surface area contributed by atoms with Gasteiger partial charge in [0.15, 0.2) is 0 Å². The van der Waals surface area contributed by atoms with Crippen molar-refractivity contribution in [1.82, 2.24) is 5.32 Å². The molecule has 0 saturated heterocycles. The molecule has 0 bridgehead atoms. The van der Waals surface area contributed by atoms with E-state index < -0.39 is 0 Å². The molecule has 0 radical (unpaired) electrons. The van der Waals surface area contributed by atoms with Crippen LogP contribution in [0.15, 0.2) is 0 Å². The second-order valence-corrected chi connectivity index (χ2v) is 5.55. The average Bonchev–Trinajstić information content (AvgIpc) is 3.10. The molecule has 1 aliphatic rings. The van der Waals surface area contributed by atoms with Crippen LogP contribution in [0.5, 0.6) is 0 Å². The average molecular weight is 225 g/mol. The van der Waals surface area contributed by atoms with Crippen molar-refractivity contribution in [3.63, 3.8) is 0 Å². The van der Waals surface area contributed by atoms with Gasteiger partial charge in [-0.15, -0.1) is 0 Å². The Labute approximate surface area is 102 Å². The summed E-state index contributed by atoms with van der Waals surface area (Å²) in [6, 6.07) is 0.809. The van der Waals surface area contributed by atoms with E-state index in [0.29, 0.717) is 0 Å². The van der Waals surface area contributed by atoms with Crippen LogP contribution in [-0.4, -0.2) is 12.6 Å². The lowest BCUT2D eigenvalue weighted by atomic mass is 9.88.